The van der Waals surface area contributed by atoms with E-state index in [1.165, 1.54) is 0 Å². The number of benzene rings is 1. The van der Waals surface area contributed by atoms with Crippen LogP contribution in [0.4, 0.5) is 0 Å². The number of rotatable bonds is 0. The molecule has 0 spiro atoms. The summed E-state index contributed by atoms with van der Waals surface area (Å²) in [5, 5.41) is 3.91. The molecule has 4 aromatic rings. The van der Waals surface area contributed by atoms with Gasteiger partial charge in [0.25, 0.3) is 0 Å². The molecule has 1 N–H and O–H groups in total. The molecule has 4 heteroatoms. The van der Waals surface area contributed by atoms with Crippen molar-refractivity contribution in [1.29, 1.82) is 0 Å². The smallest absolute Gasteiger partial charge is 0.161 e. The van der Waals surface area contributed by atoms with Crippen LogP contribution < -0.4 is 0 Å². The number of fused-ring (bicyclic) bond motifs is 4. The highest BCUT2D eigenvalue weighted by atomic mass is 35.5. The largest absolute Gasteiger partial charge is 0.338 e. The molecule has 0 atom stereocenters. The van der Waals surface area contributed by atoms with Crippen molar-refractivity contribution in [2.24, 2.45) is 0 Å². The SMILES string of the molecule is Clc1cccc2c1[nH]c1nc3ncccc3cc12. The van der Waals surface area contributed by atoms with Crippen LogP contribution in [0.5, 0.6) is 0 Å². The lowest BCUT2D eigenvalue weighted by atomic mass is 10.1. The summed E-state index contributed by atoms with van der Waals surface area (Å²) >= 11 is 6.19. The summed E-state index contributed by atoms with van der Waals surface area (Å²) in [7, 11) is 0. The number of pyridine rings is 2. The minimum atomic E-state index is 0.711. The van der Waals surface area contributed by atoms with E-state index in [0.717, 1.165) is 33.0 Å². The predicted molar refractivity (Wildman–Crippen MR) is 73.9 cm³/mol. The third kappa shape index (κ3) is 1.25. The fourth-order valence-electron chi connectivity index (χ4n) is 2.30. The van der Waals surface area contributed by atoms with Gasteiger partial charge in [0, 0.05) is 22.4 Å². The second kappa shape index (κ2) is 3.43. The summed E-state index contributed by atoms with van der Waals surface area (Å²) in [4.78, 5) is 12.0. The number of hydrogen-bond acceptors (Lipinski definition) is 2. The van der Waals surface area contributed by atoms with Gasteiger partial charge in [-0.3, -0.25) is 0 Å². The van der Waals surface area contributed by atoms with Crippen molar-refractivity contribution in [3.63, 3.8) is 0 Å². The summed E-state index contributed by atoms with van der Waals surface area (Å²) in [5.74, 6) is 0. The van der Waals surface area contributed by atoms with Gasteiger partial charge in [-0.2, -0.15) is 0 Å². The Morgan fingerprint density at radius 2 is 2.00 bits per heavy atom. The maximum absolute atomic E-state index is 6.19. The number of halogens is 1. The molecule has 0 radical (unpaired) electrons. The van der Waals surface area contributed by atoms with Crippen LogP contribution in [0.15, 0.2) is 42.6 Å². The molecule has 0 saturated heterocycles. The van der Waals surface area contributed by atoms with Gasteiger partial charge < -0.3 is 4.98 Å². The van der Waals surface area contributed by atoms with Crippen LogP contribution in [0.25, 0.3) is 33.0 Å². The average molecular weight is 254 g/mol. The Labute approximate surface area is 107 Å². The fourth-order valence-corrected chi connectivity index (χ4v) is 2.52. The number of nitrogens with zero attached hydrogens (tertiary/aromatic N) is 2. The standard InChI is InChI=1S/C14H8ClN3/c15-11-5-1-4-9-10-7-8-3-2-6-16-13(8)18-14(10)17-12(9)11/h1-7H,(H,16,17,18). The van der Waals surface area contributed by atoms with E-state index in [0.29, 0.717) is 5.02 Å². The molecule has 3 nitrogen and oxygen atoms in total. The molecule has 0 amide bonds. The highest BCUT2D eigenvalue weighted by Crippen LogP contribution is 2.30. The summed E-state index contributed by atoms with van der Waals surface area (Å²) < 4.78 is 0. The van der Waals surface area contributed by atoms with Gasteiger partial charge in [-0.1, -0.05) is 23.7 Å². The van der Waals surface area contributed by atoms with E-state index in [4.69, 9.17) is 11.6 Å². The number of H-pyrrole nitrogens is 1. The zero-order valence-electron chi connectivity index (χ0n) is 9.31. The van der Waals surface area contributed by atoms with Gasteiger partial charge in [0.05, 0.1) is 10.5 Å². The molecule has 0 unspecified atom stereocenters. The van der Waals surface area contributed by atoms with E-state index in [9.17, 15) is 0 Å². The lowest BCUT2D eigenvalue weighted by Crippen LogP contribution is -1.83. The maximum atomic E-state index is 6.19. The van der Waals surface area contributed by atoms with Crippen molar-refractivity contribution >= 4 is 44.6 Å². The van der Waals surface area contributed by atoms with Gasteiger partial charge in [0.15, 0.2) is 5.65 Å². The van der Waals surface area contributed by atoms with E-state index in [1.807, 2.05) is 30.3 Å². The van der Waals surface area contributed by atoms with Crippen LogP contribution in [0.1, 0.15) is 0 Å². The second-order valence-corrected chi connectivity index (χ2v) is 4.63. The Morgan fingerprint density at radius 1 is 1.06 bits per heavy atom. The topological polar surface area (TPSA) is 41.6 Å². The highest BCUT2D eigenvalue weighted by Gasteiger charge is 2.09. The van der Waals surface area contributed by atoms with E-state index >= 15 is 0 Å². The summed E-state index contributed by atoms with van der Waals surface area (Å²) in [6.07, 6.45) is 1.75. The quantitative estimate of drug-likeness (QED) is 0.516. The minimum Gasteiger partial charge on any atom is -0.338 e. The highest BCUT2D eigenvalue weighted by molar-refractivity contribution is 6.36. The first-order chi connectivity index (χ1) is 8.83. The molecule has 3 aromatic heterocycles. The van der Waals surface area contributed by atoms with Crippen LogP contribution in [0, 0.1) is 0 Å². The Morgan fingerprint density at radius 3 is 2.94 bits per heavy atom. The molecule has 0 saturated carbocycles. The van der Waals surface area contributed by atoms with Gasteiger partial charge >= 0.3 is 0 Å². The second-order valence-electron chi connectivity index (χ2n) is 4.22. The van der Waals surface area contributed by atoms with Crippen molar-refractivity contribution in [2.45, 2.75) is 0 Å². The minimum absolute atomic E-state index is 0.711. The van der Waals surface area contributed by atoms with Crippen LogP contribution >= 0.6 is 11.6 Å². The molecule has 86 valence electrons. The maximum Gasteiger partial charge on any atom is 0.161 e. The fraction of sp³-hybridized carbons (Fsp3) is 0. The van der Waals surface area contributed by atoms with Gasteiger partial charge in [-0.25, -0.2) is 9.97 Å². The van der Waals surface area contributed by atoms with Crippen molar-refractivity contribution in [2.75, 3.05) is 0 Å². The van der Waals surface area contributed by atoms with E-state index in [-0.39, 0.29) is 0 Å². The molecule has 0 aliphatic rings. The normalized spacial score (nSPS) is 11.6. The monoisotopic (exact) mass is 253 g/mol. The summed E-state index contributed by atoms with van der Waals surface area (Å²) in [6.45, 7) is 0. The van der Waals surface area contributed by atoms with Crippen LogP contribution in [-0.2, 0) is 0 Å². The number of para-hydroxylation sites is 1. The lowest BCUT2D eigenvalue weighted by Gasteiger charge is -1.96. The van der Waals surface area contributed by atoms with Crippen molar-refractivity contribution in [3.8, 4) is 0 Å². The number of aromatic amines is 1. The molecule has 0 aliphatic carbocycles. The number of aromatic nitrogens is 3. The summed E-state index contributed by atoms with van der Waals surface area (Å²) in [6, 6.07) is 11.9. The van der Waals surface area contributed by atoms with Crippen molar-refractivity contribution < 1.29 is 0 Å². The van der Waals surface area contributed by atoms with Gasteiger partial charge in [-0.05, 0) is 24.3 Å². The van der Waals surface area contributed by atoms with Gasteiger partial charge in [0.2, 0.25) is 0 Å². The van der Waals surface area contributed by atoms with Gasteiger partial charge in [-0.15, -0.1) is 0 Å². The van der Waals surface area contributed by atoms with Crippen LogP contribution in [-0.4, -0.2) is 15.0 Å². The molecule has 18 heavy (non-hydrogen) atoms. The lowest BCUT2D eigenvalue weighted by molar-refractivity contribution is 1.30. The van der Waals surface area contributed by atoms with E-state index < -0.39 is 0 Å². The number of hydrogen-bond donors (Lipinski definition) is 1. The Bertz CT molecular complexity index is 895. The molecular weight excluding hydrogens is 246 g/mol. The zero-order valence-corrected chi connectivity index (χ0v) is 10.1. The molecule has 0 bridgehead atoms. The van der Waals surface area contributed by atoms with Gasteiger partial charge in [0.1, 0.15) is 5.65 Å². The predicted octanol–water partition coefficient (Wildman–Crippen LogP) is 3.92. The number of nitrogens with one attached hydrogen (secondary N) is 1. The molecule has 3 heterocycles. The molecule has 0 fully saturated rings. The average Bonchev–Trinajstić information content (AvgIpc) is 2.76. The third-order valence-corrected chi connectivity index (χ3v) is 3.45. The zero-order chi connectivity index (χ0) is 12.1. The van der Waals surface area contributed by atoms with Crippen LogP contribution in [0.3, 0.4) is 0 Å². The molecule has 0 aliphatic heterocycles. The van der Waals surface area contributed by atoms with E-state index in [2.05, 4.69) is 21.0 Å². The first-order valence-corrected chi connectivity index (χ1v) is 6.02. The Hall–Kier alpha value is -2.13. The van der Waals surface area contributed by atoms with Crippen LogP contribution in [0.2, 0.25) is 5.02 Å². The first-order valence-electron chi connectivity index (χ1n) is 5.64. The molecule has 1 aromatic carbocycles. The summed E-state index contributed by atoms with van der Waals surface area (Å²) in [5.41, 5.74) is 2.49. The van der Waals surface area contributed by atoms with Crippen molar-refractivity contribution in [3.05, 3.63) is 47.6 Å². The Balaban J connectivity index is 2.27. The Kier molecular flexibility index (Phi) is 1.88. The van der Waals surface area contributed by atoms with Crippen molar-refractivity contribution in [1.82, 2.24) is 15.0 Å². The molecule has 4 rings (SSSR count). The van der Waals surface area contributed by atoms with E-state index in [1.54, 1.807) is 6.20 Å². The molecular formula is C14H8ClN3. The third-order valence-electron chi connectivity index (χ3n) is 3.14. The first kappa shape index (κ1) is 9.85.